The fourth-order valence-electron chi connectivity index (χ4n) is 4.11. The van der Waals surface area contributed by atoms with Crippen molar-refractivity contribution in [1.29, 1.82) is 0 Å². The number of hydrogen-bond donors (Lipinski definition) is 1. The van der Waals surface area contributed by atoms with E-state index in [4.69, 9.17) is 14.1 Å². The molecule has 0 spiro atoms. The van der Waals surface area contributed by atoms with Crippen LogP contribution in [0.2, 0.25) is 0 Å². The minimum absolute atomic E-state index is 0.0531. The Hall–Kier alpha value is -2.65. The first-order valence-electron chi connectivity index (χ1n) is 11.1. The van der Waals surface area contributed by atoms with E-state index in [2.05, 4.69) is 22.1 Å². The van der Waals surface area contributed by atoms with Crippen molar-refractivity contribution in [2.24, 2.45) is 5.92 Å². The van der Waals surface area contributed by atoms with Crippen LogP contribution in [0.25, 0.3) is 10.2 Å². The standard InChI is InChI=1S/C24H26N4O3S2/c1-12-5-7-14(3)17(9-12)30-11-19-27-28-24(31-19)32-15(4)21-25-22(29)20-16-8-6-13(2)10-18(16)33-23(20)26-21/h5,7,9,13,15H,6,8,10-11H2,1-4H3,(H,25,26,29)/t13-,15-/m0/s1. The van der Waals surface area contributed by atoms with Crippen LogP contribution in [0.5, 0.6) is 5.75 Å². The molecule has 0 fully saturated rings. The highest BCUT2D eigenvalue weighted by Gasteiger charge is 2.24. The third kappa shape index (κ3) is 4.56. The molecule has 1 aromatic carbocycles. The minimum Gasteiger partial charge on any atom is -0.484 e. The van der Waals surface area contributed by atoms with Gasteiger partial charge in [0.05, 0.1) is 10.6 Å². The lowest BCUT2D eigenvalue weighted by Gasteiger charge is -2.17. The van der Waals surface area contributed by atoms with Crippen molar-refractivity contribution in [2.75, 3.05) is 0 Å². The Morgan fingerprint density at radius 3 is 3.03 bits per heavy atom. The van der Waals surface area contributed by atoms with Crippen LogP contribution in [0.3, 0.4) is 0 Å². The van der Waals surface area contributed by atoms with Crippen LogP contribution in [-0.2, 0) is 19.4 Å². The Kier molecular flexibility index (Phi) is 6.01. The molecule has 1 aliphatic carbocycles. The van der Waals surface area contributed by atoms with Crippen LogP contribution in [0.1, 0.15) is 58.8 Å². The van der Waals surface area contributed by atoms with Crippen molar-refractivity contribution in [3.8, 4) is 5.75 Å². The van der Waals surface area contributed by atoms with E-state index in [1.165, 1.54) is 22.2 Å². The maximum absolute atomic E-state index is 12.9. The first kappa shape index (κ1) is 22.2. The molecule has 33 heavy (non-hydrogen) atoms. The maximum Gasteiger partial charge on any atom is 0.277 e. The van der Waals surface area contributed by atoms with E-state index in [9.17, 15) is 4.79 Å². The number of rotatable bonds is 6. The summed E-state index contributed by atoms with van der Waals surface area (Å²) >= 11 is 3.03. The molecule has 1 N–H and O–H groups in total. The molecule has 9 heteroatoms. The van der Waals surface area contributed by atoms with E-state index in [1.54, 1.807) is 11.3 Å². The number of thioether (sulfide) groups is 1. The van der Waals surface area contributed by atoms with Gasteiger partial charge in [0, 0.05) is 4.88 Å². The van der Waals surface area contributed by atoms with Gasteiger partial charge in [0.2, 0.25) is 0 Å². The van der Waals surface area contributed by atoms with Gasteiger partial charge in [0.1, 0.15) is 16.4 Å². The molecular weight excluding hydrogens is 456 g/mol. The summed E-state index contributed by atoms with van der Waals surface area (Å²) in [5.74, 6) is 2.49. The zero-order valence-corrected chi connectivity index (χ0v) is 20.7. The number of hydrogen-bond acceptors (Lipinski definition) is 8. The topological polar surface area (TPSA) is 93.9 Å². The number of aromatic nitrogens is 4. The molecule has 0 saturated heterocycles. The first-order valence-corrected chi connectivity index (χ1v) is 12.8. The predicted octanol–water partition coefficient (Wildman–Crippen LogP) is 5.54. The zero-order valence-electron chi connectivity index (χ0n) is 19.1. The molecule has 3 heterocycles. The fourth-order valence-corrected chi connectivity index (χ4v) is 6.26. The minimum atomic E-state index is -0.145. The summed E-state index contributed by atoms with van der Waals surface area (Å²) < 4.78 is 11.6. The zero-order chi connectivity index (χ0) is 23.1. The van der Waals surface area contributed by atoms with Crippen LogP contribution in [0.4, 0.5) is 0 Å². The van der Waals surface area contributed by atoms with Gasteiger partial charge in [-0.3, -0.25) is 4.79 Å². The SMILES string of the molecule is Cc1ccc(C)c(OCc2nnc(S[C@@H](C)c3nc4sc5c(c4c(=O)[nH]3)CC[C@H](C)C5)o2)c1. The van der Waals surface area contributed by atoms with Crippen molar-refractivity contribution in [2.45, 2.75) is 64.0 Å². The Morgan fingerprint density at radius 2 is 2.18 bits per heavy atom. The van der Waals surface area contributed by atoms with Gasteiger partial charge in [0.15, 0.2) is 6.61 Å². The van der Waals surface area contributed by atoms with E-state index >= 15 is 0 Å². The summed E-state index contributed by atoms with van der Waals surface area (Å²) in [5.41, 5.74) is 3.32. The van der Waals surface area contributed by atoms with Gasteiger partial charge < -0.3 is 14.1 Å². The number of benzene rings is 1. The van der Waals surface area contributed by atoms with Crippen LogP contribution < -0.4 is 10.3 Å². The lowest BCUT2D eigenvalue weighted by Crippen LogP contribution is -2.15. The molecule has 0 bridgehead atoms. The van der Waals surface area contributed by atoms with Crippen molar-refractivity contribution in [3.05, 3.63) is 61.8 Å². The van der Waals surface area contributed by atoms with Crippen molar-refractivity contribution >= 4 is 33.3 Å². The summed E-state index contributed by atoms with van der Waals surface area (Å²) in [6.07, 6.45) is 3.11. The van der Waals surface area contributed by atoms with Gasteiger partial charge >= 0.3 is 0 Å². The monoisotopic (exact) mass is 482 g/mol. The van der Waals surface area contributed by atoms with E-state index in [0.29, 0.717) is 22.9 Å². The van der Waals surface area contributed by atoms with Gasteiger partial charge in [-0.25, -0.2) is 4.98 Å². The number of fused-ring (bicyclic) bond motifs is 3. The molecule has 0 amide bonds. The average molecular weight is 483 g/mol. The first-order chi connectivity index (χ1) is 15.9. The number of aromatic amines is 1. The molecule has 0 unspecified atom stereocenters. The maximum atomic E-state index is 12.9. The van der Waals surface area contributed by atoms with Gasteiger partial charge in [-0.2, -0.15) is 0 Å². The third-order valence-corrected chi connectivity index (χ3v) is 8.08. The normalized spacial score (nSPS) is 16.7. The largest absolute Gasteiger partial charge is 0.484 e. The third-order valence-electron chi connectivity index (χ3n) is 5.99. The molecule has 3 aromatic heterocycles. The van der Waals surface area contributed by atoms with Crippen LogP contribution in [0, 0.1) is 19.8 Å². The summed E-state index contributed by atoms with van der Waals surface area (Å²) in [4.78, 5) is 22.8. The summed E-state index contributed by atoms with van der Waals surface area (Å²) in [6, 6.07) is 6.06. The van der Waals surface area contributed by atoms with E-state index in [0.717, 1.165) is 46.4 Å². The molecule has 172 valence electrons. The second-order valence-electron chi connectivity index (χ2n) is 8.76. The highest BCUT2D eigenvalue weighted by atomic mass is 32.2. The number of aryl methyl sites for hydroxylation is 3. The molecule has 5 rings (SSSR count). The Labute approximate surface area is 200 Å². The average Bonchev–Trinajstić information content (AvgIpc) is 3.37. The molecule has 0 radical (unpaired) electrons. The Bertz CT molecular complexity index is 1370. The van der Waals surface area contributed by atoms with Gasteiger partial charge in [0.25, 0.3) is 16.7 Å². The van der Waals surface area contributed by atoms with Gasteiger partial charge in [-0.15, -0.1) is 21.5 Å². The quantitative estimate of drug-likeness (QED) is 0.361. The molecule has 0 aliphatic heterocycles. The number of H-pyrrole nitrogens is 1. The molecular formula is C24H26N4O3S2. The Balaban J connectivity index is 1.30. The lowest BCUT2D eigenvalue weighted by molar-refractivity contribution is 0.250. The smallest absolute Gasteiger partial charge is 0.277 e. The summed E-state index contributed by atoms with van der Waals surface area (Å²) in [5, 5.41) is 9.27. The molecule has 1 aliphatic rings. The second-order valence-corrected chi connectivity index (χ2v) is 11.1. The number of thiophene rings is 1. The van der Waals surface area contributed by atoms with Crippen molar-refractivity contribution < 1.29 is 9.15 Å². The molecule has 7 nitrogen and oxygen atoms in total. The van der Waals surface area contributed by atoms with Crippen LogP contribution >= 0.6 is 23.1 Å². The fraction of sp³-hybridized carbons (Fsp3) is 0.417. The summed E-state index contributed by atoms with van der Waals surface area (Å²) in [7, 11) is 0. The van der Waals surface area contributed by atoms with E-state index in [-0.39, 0.29) is 17.4 Å². The van der Waals surface area contributed by atoms with E-state index in [1.807, 2.05) is 39.0 Å². The number of nitrogens with zero attached hydrogens (tertiary/aromatic N) is 3. The lowest BCUT2D eigenvalue weighted by atomic mass is 9.89. The molecule has 4 aromatic rings. The highest BCUT2D eigenvalue weighted by molar-refractivity contribution is 7.99. The number of ether oxygens (including phenoxy) is 1. The van der Waals surface area contributed by atoms with Crippen LogP contribution in [0.15, 0.2) is 32.6 Å². The predicted molar refractivity (Wildman–Crippen MR) is 130 cm³/mol. The molecule has 0 saturated carbocycles. The van der Waals surface area contributed by atoms with Gasteiger partial charge in [-0.05, 0) is 68.7 Å². The van der Waals surface area contributed by atoms with Crippen molar-refractivity contribution in [1.82, 2.24) is 20.2 Å². The second kappa shape index (κ2) is 8.95. The van der Waals surface area contributed by atoms with Crippen molar-refractivity contribution in [3.63, 3.8) is 0 Å². The Morgan fingerprint density at radius 1 is 1.33 bits per heavy atom. The van der Waals surface area contributed by atoms with E-state index < -0.39 is 0 Å². The number of nitrogens with one attached hydrogen (secondary N) is 1. The summed E-state index contributed by atoms with van der Waals surface area (Å²) in [6.45, 7) is 8.46. The van der Waals surface area contributed by atoms with Crippen LogP contribution in [-0.4, -0.2) is 20.2 Å². The molecule has 2 atom stereocenters. The van der Waals surface area contributed by atoms with Gasteiger partial charge in [-0.1, -0.05) is 30.8 Å². The highest BCUT2D eigenvalue weighted by Crippen LogP contribution is 2.37.